The fourth-order valence-electron chi connectivity index (χ4n) is 1.84. The van der Waals surface area contributed by atoms with Crippen molar-refractivity contribution in [2.45, 2.75) is 6.54 Å². The number of benzene rings is 1. The molecule has 0 spiro atoms. The topological polar surface area (TPSA) is 104 Å². The SMILES string of the molecule is NCCn1cc(C(=O)Nc2cc3c(cc2Cl)OCO3)nn1. The van der Waals surface area contributed by atoms with Gasteiger partial charge in [-0.1, -0.05) is 16.8 Å². The first-order valence-corrected chi connectivity index (χ1v) is 6.56. The van der Waals surface area contributed by atoms with Crippen molar-refractivity contribution in [3.8, 4) is 11.5 Å². The smallest absolute Gasteiger partial charge is 0.277 e. The molecule has 3 N–H and O–H groups in total. The lowest BCUT2D eigenvalue weighted by atomic mass is 10.2. The number of carbonyl (C=O) groups is 1. The zero-order valence-corrected chi connectivity index (χ0v) is 11.6. The van der Waals surface area contributed by atoms with Crippen molar-refractivity contribution in [1.29, 1.82) is 0 Å². The molecule has 1 aliphatic rings. The van der Waals surface area contributed by atoms with Gasteiger partial charge in [0, 0.05) is 18.7 Å². The van der Waals surface area contributed by atoms with Crippen LogP contribution in [0.1, 0.15) is 10.5 Å². The number of hydrogen-bond donors (Lipinski definition) is 2. The summed E-state index contributed by atoms with van der Waals surface area (Å²) in [6.07, 6.45) is 1.52. The van der Waals surface area contributed by atoms with Crippen LogP contribution in [0.5, 0.6) is 11.5 Å². The van der Waals surface area contributed by atoms with E-state index in [1.165, 1.54) is 10.9 Å². The number of nitrogens with two attached hydrogens (primary N) is 1. The highest BCUT2D eigenvalue weighted by Crippen LogP contribution is 2.39. The number of rotatable bonds is 4. The summed E-state index contributed by atoms with van der Waals surface area (Å²) in [5.74, 6) is 0.660. The minimum atomic E-state index is -0.418. The van der Waals surface area contributed by atoms with E-state index < -0.39 is 5.91 Å². The lowest BCUT2D eigenvalue weighted by Gasteiger charge is -2.06. The van der Waals surface area contributed by atoms with E-state index in [0.717, 1.165) is 0 Å². The molecule has 8 nitrogen and oxygen atoms in total. The van der Waals surface area contributed by atoms with Crippen molar-refractivity contribution in [3.05, 3.63) is 29.0 Å². The highest BCUT2D eigenvalue weighted by atomic mass is 35.5. The molecule has 0 saturated carbocycles. The van der Waals surface area contributed by atoms with Gasteiger partial charge in [-0.2, -0.15) is 0 Å². The Labute approximate surface area is 124 Å². The molecule has 110 valence electrons. The monoisotopic (exact) mass is 309 g/mol. The van der Waals surface area contributed by atoms with E-state index in [0.29, 0.717) is 35.3 Å². The Hall–Kier alpha value is -2.32. The zero-order valence-electron chi connectivity index (χ0n) is 10.9. The second kappa shape index (κ2) is 5.58. The summed E-state index contributed by atoms with van der Waals surface area (Å²) in [5, 5.41) is 10.6. The van der Waals surface area contributed by atoms with Crippen LogP contribution in [-0.4, -0.2) is 34.2 Å². The Morgan fingerprint density at radius 3 is 2.95 bits per heavy atom. The van der Waals surface area contributed by atoms with Crippen LogP contribution in [-0.2, 0) is 6.54 Å². The molecule has 0 saturated heterocycles. The van der Waals surface area contributed by atoms with Crippen LogP contribution in [0.25, 0.3) is 0 Å². The van der Waals surface area contributed by atoms with Crippen LogP contribution < -0.4 is 20.5 Å². The summed E-state index contributed by atoms with van der Waals surface area (Å²) < 4.78 is 11.9. The molecule has 1 aliphatic heterocycles. The molecule has 1 aromatic carbocycles. The van der Waals surface area contributed by atoms with Crippen molar-refractivity contribution < 1.29 is 14.3 Å². The van der Waals surface area contributed by atoms with Gasteiger partial charge in [0.05, 0.1) is 23.5 Å². The molecular weight excluding hydrogens is 298 g/mol. The van der Waals surface area contributed by atoms with Gasteiger partial charge in [-0.15, -0.1) is 5.10 Å². The number of anilines is 1. The number of nitrogens with one attached hydrogen (secondary N) is 1. The average molecular weight is 310 g/mol. The van der Waals surface area contributed by atoms with Crippen molar-refractivity contribution >= 4 is 23.2 Å². The highest BCUT2D eigenvalue weighted by Gasteiger charge is 2.19. The molecule has 9 heteroatoms. The molecule has 0 atom stereocenters. The predicted molar refractivity (Wildman–Crippen MR) is 74.6 cm³/mol. The van der Waals surface area contributed by atoms with Gasteiger partial charge in [0.25, 0.3) is 5.91 Å². The van der Waals surface area contributed by atoms with E-state index in [-0.39, 0.29) is 12.5 Å². The second-order valence-corrected chi connectivity index (χ2v) is 4.70. The number of fused-ring (bicyclic) bond motifs is 1. The third-order valence-corrected chi connectivity index (χ3v) is 3.15. The molecular formula is C12H12ClN5O3. The first-order valence-electron chi connectivity index (χ1n) is 6.18. The van der Waals surface area contributed by atoms with Crippen LogP contribution >= 0.6 is 11.6 Å². The van der Waals surface area contributed by atoms with E-state index in [1.807, 2.05) is 0 Å². The first-order chi connectivity index (χ1) is 10.2. The van der Waals surface area contributed by atoms with Gasteiger partial charge in [0.2, 0.25) is 6.79 Å². The van der Waals surface area contributed by atoms with Gasteiger partial charge in [-0.05, 0) is 0 Å². The van der Waals surface area contributed by atoms with Crippen LogP contribution in [0.4, 0.5) is 5.69 Å². The van der Waals surface area contributed by atoms with E-state index in [2.05, 4.69) is 15.6 Å². The number of nitrogens with zero attached hydrogens (tertiary/aromatic N) is 3. The molecule has 0 bridgehead atoms. The highest BCUT2D eigenvalue weighted by molar-refractivity contribution is 6.34. The number of aromatic nitrogens is 3. The molecule has 2 aromatic rings. The summed E-state index contributed by atoms with van der Waals surface area (Å²) in [5.41, 5.74) is 6.00. The standard InChI is InChI=1S/C12H12ClN5O3/c13-7-3-10-11(21-6-20-10)4-8(7)15-12(19)9-5-18(2-1-14)17-16-9/h3-5H,1-2,6,14H2,(H,15,19). The molecule has 1 amide bonds. The molecule has 0 unspecified atom stereocenters. The maximum atomic E-state index is 12.1. The van der Waals surface area contributed by atoms with Crippen molar-refractivity contribution in [2.75, 3.05) is 18.7 Å². The summed E-state index contributed by atoms with van der Waals surface area (Å²) in [7, 11) is 0. The molecule has 0 aliphatic carbocycles. The van der Waals surface area contributed by atoms with Gasteiger partial charge < -0.3 is 20.5 Å². The fraction of sp³-hybridized carbons (Fsp3) is 0.250. The predicted octanol–water partition coefficient (Wildman–Crippen LogP) is 0.871. The minimum Gasteiger partial charge on any atom is -0.454 e. The molecule has 0 radical (unpaired) electrons. The average Bonchev–Trinajstić information content (AvgIpc) is 3.08. The number of carbonyl (C=O) groups excluding carboxylic acids is 1. The normalized spacial score (nSPS) is 12.5. The van der Waals surface area contributed by atoms with E-state index in [1.54, 1.807) is 12.1 Å². The van der Waals surface area contributed by atoms with E-state index in [4.69, 9.17) is 26.8 Å². The second-order valence-electron chi connectivity index (χ2n) is 4.29. The fourth-order valence-corrected chi connectivity index (χ4v) is 2.04. The third-order valence-electron chi connectivity index (χ3n) is 2.84. The molecule has 1 aromatic heterocycles. The minimum absolute atomic E-state index is 0.135. The Morgan fingerprint density at radius 1 is 1.43 bits per heavy atom. The van der Waals surface area contributed by atoms with Gasteiger partial charge in [-0.3, -0.25) is 9.48 Å². The lowest BCUT2D eigenvalue weighted by molar-refractivity contribution is 0.102. The van der Waals surface area contributed by atoms with Crippen LogP contribution in [0, 0.1) is 0 Å². The van der Waals surface area contributed by atoms with E-state index in [9.17, 15) is 4.79 Å². The first kappa shape index (κ1) is 13.7. The number of hydrogen-bond acceptors (Lipinski definition) is 6. The van der Waals surface area contributed by atoms with Crippen molar-refractivity contribution in [3.63, 3.8) is 0 Å². The molecule has 3 rings (SSSR count). The summed E-state index contributed by atoms with van der Waals surface area (Å²) >= 11 is 6.09. The lowest BCUT2D eigenvalue weighted by Crippen LogP contribution is -2.13. The maximum Gasteiger partial charge on any atom is 0.277 e. The molecule has 21 heavy (non-hydrogen) atoms. The number of halogens is 1. The van der Waals surface area contributed by atoms with Crippen LogP contribution in [0.15, 0.2) is 18.3 Å². The molecule has 0 fully saturated rings. The van der Waals surface area contributed by atoms with Gasteiger partial charge >= 0.3 is 0 Å². The zero-order chi connectivity index (χ0) is 14.8. The van der Waals surface area contributed by atoms with Crippen molar-refractivity contribution in [2.24, 2.45) is 5.73 Å². The maximum absolute atomic E-state index is 12.1. The van der Waals surface area contributed by atoms with Crippen LogP contribution in [0.2, 0.25) is 5.02 Å². The quantitative estimate of drug-likeness (QED) is 0.868. The molecule has 2 heterocycles. The number of ether oxygens (including phenoxy) is 2. The number of amides is 1. The summed E-state index contributed by atoms with van der Waals surface area (Å²) in [6.45, 7) is 1.04. The third kappa shape index (κ3) is 2.76. The summed E-state index contributed by atoms with van der Waals surface area (Å²) in [6, 6.07) is 3.19. The van der Waals surface area contributed by atoms with Gasteiger partial charge in [0.1, 0.15) is 0 Å². The van der Waals surface area contributed by atoms with E-state index >= 15 is 0 Å². The Morgan fingerprint density at radius 2 is 2.19 bits per heavy atom. The van der Waals surface area contributed by atoms with Crippen molar-refractivity contribution in [1.82, 2.24) is 15.0 Å². The van der Waals surface area contributed by atoms with Gasteiger partial charge in [0.15, 0.2) is 17.2 Å². The Bertz CT molecular complexity index is 688. The Balaban J connectivity index is 1.78. The largest absolute Gasteiger partial charge is 0.454 e. The van der Waals surface area contributed by atoms with Crippen LogP contribution in [0.3, 0.4) is 0 Å². The summed E-state index contributed by atoms with van der Waals surface area (Å²) in [4.78, 5) is 12.1. The van der Waals surface area contributed by atoms with Gasteiger partial charge in [-0.25, -0.2) is 0 Å². The Kier molecular flexibility index (Phi) is 3.63.